The predicted octanol–water partition coefficient (Wildman–Crippen LogP) is 8.41. The molecule has 2 aliphatic carbocycles. The van der Waals surface area contributed by atoms with Crippen LogP contribution in [0.15, 0.2) is 30.7 Å². The Morgan fingerprint density at radius 1 is 1.08 bits per heavy atom. The fourth-order valence-corrected chi connectivity index (χ4v) is 9.61. The standard InChI is InChI=1S/C38H53ClF3N7O3Si/c1-22(2)47(19-25-15-31(34-33(25)51-37(3,4)52-34)48-9-8-26-35(43)44-20-45-36(26)48)18-24-12-23(13-24)14-32-46-29-16-27(38(40,41)42)28(39)17-30(29)49(32)21-50-10-11-53(5,6)7/h8-9,16-17,20,22-25,31,33-34H,10-15,18-19,21H2,1-7H3,(H2,43,44,45)/t23?,24?,25-,31-,33-,34+/m1/s1. The van der Waals surface area contributed by atoms with Gasteiger partial charge in [0.25, 0.3) is 0 Å². The van der Waals surface area contributed by atoms with Crippen LogP contribution < -0.4 is 5.73 Å². The maximum Gasteiger partial charge on any atom is 0.417 e. The van der Waals surface area contributed by atoms with E-state index < -0.39 is 25.6 Å². The molecule has 1 saturated heterocycles. The van der Waals surface area contributed by atoms with E-state index in [0.717, 1.165) is 61.3 Å². The average molecular weight is 776 g/mol. The van der Waals surface area contributed by atoms with Crippen LogP contribution in [-0.4, -0.2) is 80.8 Å². The summed E-state index contributed by atoms with van der Waals surface area (Å²) in [4.78, 5) is 16.1. The Balaban J connectivity index is 1.03. The van der Waals surface area contributed by atoms with Crippen LogP contribution in [0.1, 0.15) is 64.4 Å². The summed E-state index contributed by atoms with van der Waals surface area (Å²) in [5.74, 6) is 1.70. The molecule has 7 rings (SSSR count). The van der Waals surface area contributed by atoms with Gasteiger partial charge in [-0.2, -0.15) is 13.2 Å². The Morgan fingerprint density at radius 3 is 2.51 bits per heavy atom. The molecule has 290 valence electrons. The molecule has 1 aliphatic heterocycles. The van der Waals surface area contributed by atoms with Gasteiger partial charge in [0.1, 0.15) is 36.5 Å². The Labute approximate surface area is 315 Å². The number of hydrogen-bond donors (Lipinski definition) is 1. The van der Waals surface area contributed by atoms with Crippen LogP contribution in [0, 0.1) is 17.8 Å². The largest absolute Gasteiger partial charge is 0.417 e. The zero-order chi connectivity index (χ0) is 38.0. The maximum atomic E-state index is 13.7. The minimum Gasteiger partial charge on any atom is -0.383 e. The quantitative estimate of drug-likeness (QED) is 0.107. The highest BCUT2D eigenvalue weighted by atomic mass is 35.5. The monoisotopic (exact) mass is 775 g/mol. The number of alkyl halides is 3. The lowest BCUT2D eigenvalue weighted by atomic mass is 9.72. The molecule has 0 unspecified atom stereocenters. The fourth-order valence-electron chi connectivity index (χ4n) is 8.59. The second-order valence-electron chi connectivity index (χ2n) is 17.4. The van der Waals surface area contributed by atoms with Crippen LogP contribution in [0.4, 0.5) is 19.0 Å². The van der Waals surface area contributed by atoms with Crippen LogP contribution in [0.2, 0.25) is 30.7 Å². The van der Waals surface area contributed by atoms with Crippen molar-refractivity contribution in [3.8, 4) is 0 Å². The molecule has 0 spiro atoms. The number of ether oxygens (including phenoxy) is 3. The molecule has 4 atom stereocenters. The summed E-state index contributed by atoms with van der Waals surface area (Å²) in [5.41, 5.74) is 6.99. The van der Waals surface area contributed by atoms with E-state index in [1.165, 1.54) is 12.4 Å². The molecule has 3 aliphatic rings. The Morgan fingerprint density at radius 2 is 1.81 bits per heavy atom. The highest BCUT2D eigenvalue weighted by Crippen LogP contribution is 2.48. The summed E-state index contributed by atoms with van der Waals surface area (Å²) in [5, 5.41) is 0.518. The SMILES string of the molecule is CC(C)N(CC1CC(Cc2nc3cc(C(F)(F)F)c(Cl)cc3n2COCC[Si](C)(C)C)C1)C[C@H]1C[C@@H](n2ccc3c(N)ncnc32)[C@@H]2OC(C)(C)O[C@H]12. The van der Waals surface area contributed by atoms with E-state index in [1.807, 2.05) is 30.7 Å². The van der Waals surface area contributed by atoms with Gasteiger partial charge in [-0.3, -0.25) is 0 Å². The van der Waals surface area contributed by atoms with E-state index >= 15 is 0 Å². The van der Waals surface area contributed by atoms with E-state index in [1.54, 1.807) is 0 Å². The number of nitrogens with zero attached hydrogens (tertiary/aromatic N) is 6. The highest BCUT2D eigenvalue weighted by molar-refractivity contribution is 6.76. The molecular formula is C38H53ClF3N7O3Si. The number of aromatic nitrogens is 5. The third kappa shape index (κ3) is 8.14. The second kappa shape index (κ2) is 14.4. The van der Waals surface area contributed by atoms with E-state index in [-0.39, 0.29) is 35.9 Å². The number of halogens is 4. The third-order valence-corrected chi connectivity index (χ3v) is 13.4. The van der Waals surface area contributed by atoms with E-state index in [9.17, 15) is 13.2 Å². The van der Waals surface area contributed by atoms with Gasteiger partial charge in [-0.15, -0.1) is 0 Å². The number of fused-ring (bicyclic) bond motifs is 3. The molecule has 3 fully saturated rings. The van der Waals surface area contributed by atoms with Gasteiger partial charge in [0, 0.05) is 52.3 Å². The number of nitrogen functional groups attached to an aromatic ring is 1. The van der Waals surface area contributed by atoms with Crippen molar-refractivity contribution in [1.82, 2.24) is 29.0 Å². The number of nitrogens with two attached hydrogens (primary N) is 1. The molecule has 2 N–H and O–H groups in total. The molecule has 10 nitrogen and oxygen atoms in total. The minimum atomic E-state index is -4.56. The minimum absolute atomic E-state index is 0.0469. The average Bonchev–Trinajstić information content (AvgIpc) is 3.77. The van der Waals surface area contributed by atoms with Crippen LogP contribution >= 0.6 is 11.6 Å². The van der Waals surface area contributed by atoms with E-state index in [2.05, 4.69) is 52.9 Å². The molecule has 1 aromatic carbocycles. The van der Waals surface area contributed by atoms with Gasteiger partial charge in [0.15, 0.2) is 5.79 Å². The van der Waals surface area contributed by atoms with Crippen LogP contribution in [0.3, 0.4) is 0 Å². The molecule has 0 amide bonds. The zero-order valence-corrected chi connectivity index (χ0v) is 33.5. The first-order valence-corrected chi connectivity index (χ1v) is 23.0. The summed E-state index contributed by atoms with van der Waals surface area (Å²) < 4.78 is 64.5. The van der Waals surface area contributed by atoms with Gasteiger partial charge in [0.2, 0.25) is 0 Å². The van der Waals surface area contributed by atoms with Gasteiger partial charge in [-0.1, -0.05) is 31.2 Å². The smallest absolute Gasteiger partial charge is 0.383 e. The summed E-state index contributed by atoms with van der Waals surface area (Å²) in [6, 6.07) is 5.84. The lowest BCUT2D eigenvalue weighted by molar-refractivity contribution is -0.161. The molecule has 53 heavy (non-hydrogen) atoms. The summed E-state index contributed by atoms with van der Waals surface area (Å²) in [7, 11) is -1.31. The first-order valence-electron chi connectivity index (χ1n) is 18.9. The lowest BCUT2D eigenvalue weighted by Gasteiger charge is -2.41. The Hall–Kier alpha value is -2.75. The maximum absolute atomic E-state index is 13.7. The van der Waals surface area contributed by atoms with Crippen LogP contribution in [0.5, 0.6) is 0 Å². The lowest BCUT2D eigenvalue weighted by Crippen LogP contribution is -2.44. The van der Waals surface area contributed by atoms with E-state index in [4.69, 9.17) is 36.5 Å². The normalized spacial score (nSPS) is 26.0. The summed E-state index contributed by atoms with van der Waals surface area (Å²) in [6.07, 6.45) is 2.47. The number of benzene rings is 1. The number of hydrogen-bond acceptors (Lipinski definition) is 8. The number of anilines is 1. The van der Waals surface area contributed by atoms with E-state index in [0.29, 0.717) is 47.8 Å². The molecule has 15 heteroatoms. The van der Waals surface area contributed by atoms with Gasteiger partial charge in [0.05, 0.1) is 39.2 Å². The highest BCUT2D eigenvalue weighted by Gasteiger charge is 2.55. The molecule has 4 aromatic rings. The first kappa shape index (κ1) is 38.5. The zero-order valence-electron chi connectivity index (χ0n) is 31.8. The van der Waals surface area contributed by atoms with Gasteiger partial charge < -0.3 is 34.0 Å². The van der Waals surface area contributed by atoms with Crippen molar-refractivity contribution in [1.29, 1.82) is 0 Å². The van der Waals surface area contributed by atoms with Crippen molar-refractivity contribution < 1.29 is 27.4 Å². The van der Waals surface area contributed by atoms with Crippen molar-refractivity contribution >= 4 is 47.6 Å². The first-order chi connectivity index (χ1) is 24.9. The molecule has 0 radical (unpaired) electrons. The van der Waals surface area contributed by atoms with Crippen molar-refractivity contribution in [3.63, 3.8) is 0 Å². The molecule has 2 saturated carbocycles. The Kier molecular flexibility index (Phi) is 10.5. The third-order valence-electron chi connectivity index (χ3n) is 11.4. The fraction of sp³-hybridized carbons (Fsp3) is 0.658. The summed E-state index contributed by atoms with van der Waals surface area (Å²) >= 11 is 6.17. The number of rotatable bonds is 13. The molecular weight excluding hydrogens is 723 g/mol. The Bertz CT molecular complexity index is 1940. The number of imidazole rings is 1. The topological polar surface area (TPSA) is 105 Å². The van der Waals surface area contributed by atoms with Crippen LogP contribution in [-0.2, 0) is 33.5 Å². The second-order valence-corrected chi connectivity index (χ2v) is 23.5. The van der Waals surface area contributed by atoms with Crippen molar-refractivity contribution in [2.45, 2.75) is 122 Å². The predicted molar refractivity (Wildman–Crippen MR) is 203 cm³/mol. The van der Waals surface area contributed by atoms with Crippen LogP contribution in [0.25, 0.3) is 22.1 Å². The van der Waals surface area contributed by atoms with Crippen molar-refractivity contribution in [3.05, 3.63) is 47.1 Å². The molecule has 4 heterocycles. The van der Waals surface area contributed by atoms with Gasteiger partial charge in [-0.25, -0.2) is 15.0 Å². The van der Waals surface area contributed by atoms with Gasteiger partial charge >= 0.3 is 6.18 Å². The van der Waals surface area contributed by atoms with Gasteiger partial charge in [-0.05, 0) is 83.0 Å². The molecule has 3 aromatic heterocycles. The summed E-state index contributed by atoms with van der Waals surface area (Å²) in [6.45, 7) is 18.0. The van der Waals surface area contributed by atoms with Crippen molar-refractivity contribution in [2.75, 3.05) is 25.4 Å². The molecule has 0 bridgehead atoms. The van der Waals surface area contributed by atoms with Crippen molar-refractivity contribution in [2.24, 2.45) is 17.8 Å².